The molecule has 2 bridgehead atoms. The molecular formula is C13H16N2O. The third-order valence-corrected chi connectivity index (χ3v) is 4.20. The lowest BCUT2D eigenvalue weighted by Gasteiger charge is -2.22. The zero-order valence-corrected chi connectivity index (χ0v) is 9.63. The van der Waals surface area contributed by atoms with Crippen LogP contribution in [0.4, 0.5) is 0 Å². The summed E-state index contributed by atoms with van der Waals surface area (Å²) in [6, 6.07) is 0. The molecule has 1 heterocycles. The standard InChI is InChI=1S/C13H16N2O/c1-8-9-3-4-10(7-9)11(8)12(16)13-14-5-6-15(13)2/h3-6,8-11H,7H2,1-2H3/t8-,9+,10-,11+/m1/s1. The molecule has 1 fully saturated rings. The van der Waals surface area contributed by atoms with Gasteiger partial charge < -0.3 is 4.57 Å². The van der Waals surface area contributed by atoms with Crippen LogP contribution in [0.3, 0.4) is 0 Å². The van der Waals surface area contributed by atoms with Crippen molar-refractivity contribution in [1.82, 2.24) is 9.55 Å². The Morgan fingerprint density at radius 2 is 2.19 bits per heavy atom. The van der Waals surface area contributed by atoms with E-state index in [0.29, 0.717) is 23.6 Å². The van der Waals surface area contributed by atoms with Crippen molar-refractivity contribution in [2.75, 3.05) is 0 Å². The van der Waals surface area contributed by atoms with Crippen LogP contribution in [0.2, 0.25) is 0 Å². The molecule has 0 aromatic carbocycles. The van der Waals surface area contributed by atoms with Crippen LogP contribution in [-0.2, 0) is 7.05 Å². The minimum Gasteiger partial charge on any atom is -0.332 e. The second-order valence-corrected chi connectivity index (χ2v) is 5.06. The van der Waals surface area contributed by atoms with Gasteiger partial charge in [-0.1, -0.05) is 19.1 Å². The number of hydrogen-bond acceptors (Lipinski definition) is 2. The maximum absolute atomic E-state index is 12.4. The molecule has 0 aliphatic heterocycles. The third-order valence-electron chi connectivity index (χ3n) is 4.20. The summed E-state index contributed by atoms with van der Waals surface area (Å²) >= 11 is 0. The highest BCUT2D eigenvalue weighted by Gasteiger charge is 2.46. The van der Waals surface area contributed by atoms with E-state index in [2.05, 4.69) is 24.1 Å². The number of nitrogens with zero attached hydrogens (tertiary/aromatic N) is 2. The lowest BCUT2D eigenvalue weighted by Crippen LogP contribution is -2.27. The zero-order chi connectivity index (χ0) is 11.3. The quantitative estimate of drug-likeness (QED) is 0.560. The first-order valence-electron chi connectivity index (χ1n) is 5.88. The van der Waals surface area contributed by atoms with Gasteiger partial charge in [0.2, 0.25) is 5.78 Å². The minimum absolute atomic E-state index is 0.149. The topological polar surface area (TPSA) is 34.9 Å². The Hall–Kier alpha value is -1.38. The van der Waals surface area contributed by atoms with Gasteiger partial charge in [-0.2, -0.15) is 0 Å². The minimum atomic E-state index is 0.149. The molecule has 3 nitrogen and oxygen atoms in total. The van der Waals surface area contributed by atoms with Crippen molar-refractivity contribution in [2.24, 2.45) is 30.7 Å². The molecule has 2 aliphatic rings. The zero-order valence-electron chi connectivity index (χ0n) is 9.63. The summed E-state index contributed by atoms with van der Waals surface area (Å²) in [6.45, 7) is 2.19. The molecule has 4 atom stereocenters. The normalized spacial score (nSPS) is 35.9. The predicted molar refractivity (Wildman–Crippen MR) is 60.9 cm³/mol. The highest BCUT2D eigenvalue weighted by atomic mass is 16.1. The number of rotatable bonds is 2. The summed E-state index contributed by atoms with van der Waals surface area (Å²) in [5, 5.41) is 0. The van der Waals surface area contributed by atoms with Gasteiger partial charge in [0.25, 0.3) is 0 Å². The number of hydrogen-bond donors (Lipinski definition) is 0. The summed E-state index contributed by atoms with van der Waals surface area (Å²) in [4.78, 5) is 16.6. The van der Waals surface area contributed by atoms with Gasteiger partial charge in [0.05, 0.1) is 0 Å². The number of carbonyl (C=O) groups excluding carboxylic acids is 1. The van der Waals surface area contributed by atoms with Gasteiger partial charge in [-0.3, -0.25) is 4.79 Å². The molecule has 2 aliphatic carbocycles. The molecule has 0 saturated heterocycles. The monoisotopic (exact) mass is 216 g/mol. The van der Waals surface area contributed by atoms with E-state index in [1.807, 2.05) is 17.8 Å². The van der Waals surface area contributed by atoms with Crippen LogP contribution in [0.25, 0.3) is 0 Å². The molecular weight excluding hydrogens is 200 g/mol. The molecule has 1 aromatic rings. The van der Waals surface area contributed by atoms with Crippen LogP contribution < -0.4 is 0 Å². The van der Waals surface area contributed by atoms with Crippen LogP contribution >= 0.6 is 0 Å². The number of ketones is 1. The number of carbonyl (C=O) groups is 1. The van der Waals surface area contributed by atoms with Gasteiger partial charge in [0.15, 0.2) is 5.82 Å². The summed E-state index contributed by atoms with van der Waals surface area (Å²) in [6.07, 6.45) is 9.18. The Labute approximate surface area is 95.2 Å². The fraction of sp³-hybridized carbons (Fsp3) is 0.538. The van der Waals surface area contributed by atoms with Crippen LogP contribution in [0, 0.1) is 23.7 Å². The van der Waals surface area contributed by atoms with Crippen molar-refractivity contribution >= 4 is 5.78 Å². The number of Topliss-reactive ketones (excluding diaryl/α,β-unsaturated/α-hetero) is 1. The van der Waals surface area contributed by atoms with Crippen molar-refractivity contribution in [2.45, 2.75) is 13.3 Å². The number of aryl methyl sites for hydroxylation is 1. The molecule has 0 amide bonds. The Balaban J connectivity index is 1.92. The second-order valence-electron chi connectivity index (χ2n) is 5.06. The highest BCUT2D eigenvalue weighted by Crippen LogP contribution is 2.48. The largest absolute Gasteiger partial charge is 0.332 e. The first-order chi connectivity index (χ1) is 7.68. The number of allylic oxidation sites excluding steroid dienone is 2. The van der Waals surface area contributed by atoms with Gasteiger partial charge in [-0.05, 0) is 24.2 Å². The third kappa shape index (κ3) is 1.20. The van der Waals surface area contributed by atoms with Crippen molar-refractivity contribution in [1.29, 1.82) is 0 Å². The Bertz CT molecular complexity index is 460. The van der Waals surface area contributed by atoms with Crippen molar-refractivity contribution in [3.8, 4) is 0 Å². The second kappa shape index (κ2) is 3.30. The van der Waals surface area contributed by atoms with Crippen LogP contribution in [-0.4, -0.2) is 15.3 Å². The average Bonchev–Trinajstić information content (AvgIpc) is 2.92. The molecule has 0 unspecified atom stereocenters. The maximum Gasteiger partial charge on any atom is 0.202 e. The number of fused-ring (bicyclic) bond motifs is 2. The molecule has 84 valence electrons. The molecule has 16 heavy (non-hydrogen) atoms. The van der Waals surface area contributed by atoms with E-state index in [0.717, 1.165) is 6.42 Å². The Morgan fingerprint density at radius 1 is 1.44 bits per heavy atom. The van der Waals surface area contributed by atoms with E-state index in [-0.39, 0.29) is 11.7 Å². The van der Waals surface area contributed by atoms with E-state index in [1.54, 1.807) is 6.20 Å². The van der Waals surface area contributed by atoms with Crippen molar-refractivity contribution in [3.63, 3.8) is 0 Å². The van der Waals surface area contributed by atoms with Gasteiger partial charge in [0.1, 0.15) is 0 Å². The average molecular weight is 216 g/mol. The predicted octanol–water partition coefficient (Wildman–Crippen LogP) is 2.06. The van der Waals surface area contributed by atoms with E-state index < -0.39 is 0 Å². The maximum atomic E-state index is 12.4. The van der Waals surface area contributed by atoms with Gasteiger partial charge in [-0.25, -0.2) is 4.98 Å². The molecule has 0 N–H and O–H groups in total. The highest BCUT2D eigenvalue weighted by molar-refractivity contribution is 5.95. The van der Waals surface area contributed by atoms with Crippen LogP contribution in [0.15, 0.2) is 24.5 Å². The molecule has 3 rings (SSSR count). The molecule has 1 saturated carbocycles. The number of imidazole rings is 1. The van der Waals surface area contributed by atoms with Crippen LogP contribution in [0.5, 0.6) is 0 Å². The van der Waals surface area contributed by atoms with E-state index in [1.165, 1.54) is 0 Å². The molecule has 3 heteroatoms. The summed E-state index contributed by atoms with van der Waals surface area (Å²) in [7, 11) is 1.88. The summed E-state index contributed by atoms with van der Waals surface area (Å²) in [5.41, 5.74) is 0. The lowest BCUT2D eigenvalue weighted by atomic mass is 9.81. The van der Waals surface area contributed by atoms with Crippen molar-refractivity contribution < 1.29 is 4.79 Å². The first-order valence-corrected chi connectivity index (χ1v) is 5.88. The van der Waals surface area contributed by atoms with Gasteiger partial charge in [-0.15, -0.1) is 0 Å². The van der Waals surface area contributed by atoms with Gasteiger partial charge in [0, 0.05) is 25.4 Å². The fourth-order valence-electron chi connectivity index (χ4n) is 3.25. The SMILES string of the molecule is C[C@H]1[C@H](C(=O)c2nccn2C)[C@@H]2C=C[C@H]1C2. The molecule has 1 aromatic heterocycles. The van der Waals surface area contributed by atoms with Crippen LogP contribution in [0.1, 0.15) is 24.0 Å². The van der Waals surface area contributed by atoms with Gasteiger partial charge >= 0.3 is 0 Å². The van der Waals surface area contributed by atoms with Crippen molar-refractivity contribution in [3.05, 3.63) is 30.4 Å². The lowest BCUT2D eigenvalue weighted by molar-refractivity contribution is 0.0852. The number of aromatic nitrogens is 2. The molecule has 0 spiro atoms. The van der Waals surface area contributed by atoms with E-state index in [9.17, 15) is 4.79 Å². The Kier molecular flexibility index (Phi) is 2.03. The summed E-state index contributed by atoms with van der Waals surface area (Å²) < 4.78 is 1.82. The summed E-state index contributed by atoms with van der Waals surface area (Å²) in [5.74, 6) is 2.51. The van der Waals surface area contributed by atoms with E-state index in [4.69, 9.17) is 0 Å². The first kappa shape index (κ1) is 9.82. The molecule has 0 radical (unpaired) electrons. The smallest absolute Gasteiger partial charge is 0.202 e. The van der Waals surface area contributed by atoms with E-state index >= 15 is 0 Å². The fourth-order valence-corrected chi connectivity index (χ4v) is 3.25. The Morgan fingerprint density at radius 3 is 2.75 bits per heavy atom.